The number of carbonyl (C=O) groups is 2. The second kappa shape index (κ2) is 11.1. The maximum absolute atomic E-state index is 13.3. The Balaban J connectivity index is 1.16. The fraction of sp³-hybridized carbons (Fsp3) is 0.323. The summed E-state index contributed by atoms with van der Waals surface area (Å²) in [5, 5.41) is 3.05. The van der Waals surface area contributed by atoms with Gasteiger partial charge in [-0.05, 0) is 73.7 Å². The van der Waals surface area contributed by atoms with Crippen LogP contribution in [-0.2, 0) is 11.3 Å². The Kier molecular flexibility index (Phi) is 7.45. The molecule has 38 heavy (non-hydrogen) atoms. The second-order valence-corrected chi connectivity index (χ2v) is 10.1. The second-order valence-electron chi connectivity index (χ2n) is 10.1. The van der Waals surface area contributed by atoms with Gasteiger partial charge in [0.2, 0.25) is 11.8 Å². The van der Waals surface area contributed by atoms with Crippen molar-refractivity contribution in [3.63, 3.8) is 0 Å². The smallest absolute Gasteiger partial charge is 0.253 e. The van der Waals surface area contributed by atoms with Crippen molar-refractivity contribution < 1.29 is 18.7 Å². The largest absolute Gasteiger partial charge is 0.497 e. The van der Waals surface area contributed by atoms with Gasteiger partial charge in [-0.1, -0.05) is 36.8 Å². The molecule has 0 radical (unpaired) electrons. The molecule has 2 heterocycles. The van der Waals surface area contributed by atoms with Crippen molar-refractivity contribution in [2.75, 3.05) is 20.2 Å². The van der Waals surface area contributed by atoms with Crippen molar-refractivity contribution in [1.29, 1.82) is 0 Å². The third kappa shape index (κ3) is 5.57. The van der Waals surface area contributed by atoms with Crippen LogP contribution in [0, 0.1) is 18.8 Å². The maximum atomic E-state index is 13.3. The van der Waals surface area contributed by atoms with E-state index < -0.39 is 0 Å². The summed E-state index contributed by atoms with van der Waals surface area (Å²) < 4.78 is 11.1. The number of carbonyl (C=O) groups excluding carboxylic acids is 2. The van der Waals surface area contributed by atoms with E-state index in [1.807, 2.05) is 73.3 Å². The molecule has 4 aromatic rings. The number of nitrogens with zero attached hydrogens (tertiary/aromatic N) is 2. The topological polar surface area (TPSA) is 84.7 Å². The number of rotatable bonds is 7. The molecule has 196 valence electrons. The Morgan fingerprint density at radius 2 is 1.76 bits per heavy atom. The van der Waals surface area contributed by atoms with Crippen LogP contribution in [0.25, 0.3) is 22.6 Å². The predicted octanol–water partition coefficient (Wildman–Crippen LogP) is 5.62. The van der Waals surface area contributed by atoms with Crippen molar-refractivity contribution in [2.24, 2.45) is 11.8 Å². The molecule has 1 atom stereocenters. The Bertz CT molecular complexity index is 1420. The molecule has 0 bridgehead atoms. The van der Waals surface area contributed by atoms with E-state index in [1.54, 1.807) is 19.2 Å². The predicted molar refractivity (Wildman–Crippen MR) is 147 cm³/mol. The van der Waals surface area contributed by atoms with E-state index in [0.717, 1.165) is 29.7 Å². The van der Waals surface area contributed by atoms with Crippen LogP contribution in [0.5, 0.6) is 5.75 Å². The number of fused-ring (bicyclic) bond motifs is 1. The number of likely N-dealkylation sites (tertiary alicyclic amines) is 1. The van der Waals surface area contributed by atoms with Crippen molar-refractivity contribution in [3.05, 3.63) is 83.4 Å². The molecule has 0 aliphatic carbocycles. The number of aromatic nitrogens is 1. The Hall–Kier alpha value is -4.13. The fourth-order valence-corrected chi connectivity index (χ4v) is 4.97. The lowest BCUT2D eigenvalue weighted by atomic mass is 9.84. The summed E-state index contributed by atoms with van der Waals surface area (Å²) in [7, 11) is 1.63. The Morgan fingerprint density at radius 3 is 2.45 bits per heavy atom. The summed E-state index contributed by atoms with van der Waals surface area (Å²) in [6.07, 6.45) is 1.60. The first-order valence-electron chi connectivity index (χ1n) is 13.1. The van der Waals surface area contributed by atoms with E-state index >= 15 is 0 Å². The molecule has 1 aliphatic heterocycles. The first-order chi connectivity index (χ1) is 18.4. The highest BCUT2D eigenvalue weighted by Crippen LogP contribution is 2.28. The van der Waals surface area contributed by atoms with Gasteiger partial charge in [-0.25, -0.2) is 4.98 Å². The van der Waals surface area contributed by atoms with Crippen LogP contribution < -0.4 is 10.1 Å². The molecule has 1 fully saturated rings. The number of methoxy groups -OCH3 is 1. The Morgan fingerprint density at radius 1 is 1.05 bits per heavy atom. The van der Waals surface area contributed by atoms with Crippen LogP contribution in [0.4, 0.5) is 0 Å². The average Bonchev–Trinajstić information content (AvgIpc) is 3.39. The van der Waals surface area contributed by atoms with Gasteiger partial charge >= 0.3 is 0 Å². The number of aryl methyl sites for hydroxylation is 1. The highest BCUT2D eigenvalue weighted by Gasteiger charge is 2.30. The van der Waals surface area contributed by atoms with E-state index in [9.17, 15) is 9.59 Å². The molecule has 0 saturated carbocycles. The minimum absolute atomic E-state index is 0.0122. The fourth-order valence-electron chi connectivity index (χ4n) is 4.97. The quantitative estimate of drug-likeness (QED) is 0.348. The van der Waals surface area contributed by atoms with E-state index in [-0.39, 0.29) is 23.7 Å². The number of hydrogen-bond acceptors (Lipinski definition) is 5. The van der Waals surface area contributed by atoms with Crippen molar-refractivity contribution in [1.82, 2.24) is 15.2 Å². The van der Waals surface area contributed by atoms with E-state index in [0.29, 0.717) is 42.2 Å². The van der Waals surface area contributed by atoms with Gasteiger partial charge < -0.3 is 19.4 Å². The van der Waals surface area contributed by atoms with Crippen LogP contribution >= 0.6 is 0 Å². The maximum Gasteiger partial charge on any atom is 0.253 e. The van der Waals surface area contributed by atoms with Gasteiger partial charge in [-0.3, -0.25) is 9.59 Å². The summed E-state index contributed by atoms with van der Waals surface area (Å²) >= 11 is 0. The number of nitrogens with one attached hydrogen (secondary N) is 1. The monoisotopic (exact) mass is 511 g/mol. The molecule has 7 nitrogen and oxygen atoms in total. The molecule has 1 saturated heterocycles. The average molecular weight is 512 g/mol. The minimum atomic E-state index is -0.114. The van der Waals surface area contributed by atoms with E-state index in [1.165, 1.54) is 5.56 Å². The summed E-state index contributed by atoms with van der Waals surface area (Å²) in [5.74, 6) is 1.50. The van der Waals surface area contributed by atoms with Gasteiger partial charge in [0.25, 0.3) is 5.91 Å². The summed E-state index contributed by atoms with van der Waals surface area (Å²) in [5.41, 5.74) is 5.04. The number of amides is 2. The normalized spacial score (nSPS) is 14.9. The highest BCUT2D eigenvalue weighted by molar-refractivity contribution is 5.97. The molecule has 0 unspecified atom stereocenters. The van der Waals surface area contributed by atoms with Gasteiger partial charge in [-0.2, -0.15) is 0 Å². The first kappa shape index (κ1) is 25.5. The van der Waals surface area contributed by atoms with Gasteiger partial charge in [-0.15, -0.1) is 0 Å². The molecule has 3 aromatic carbocycles. The third-order valence-electron chi connectivity index (χ3n) is 7.51. The zero-order chi connectivity index (χ0) is 26.6. The standard InChI is InChI=1S/C31H33N3O4/c1-20-4-8-24(9-5-20)30-33-27-18-25(10-13-28(27)38-30)31(36)34-16-14-23(15-17-34)21(2)29(35)32-19-22-6-11-26(37-3)12-7-22/h4-13,18,21,23H,14-17,19H2,1-3H3,(H,32,35)/t21-/m1/s1. The van der Waals surface area contributed by atoms with Crippen LogP contribution in [0.2, 0.25) is 0 Å². The molecule has 1 aromatic heterocycles. The van der Waals surface area contributed by atoms with Crippen LogP contribution in [0.3, 0.4) is 0 Å². The first-order valence-corrected chi connectivity index (χ1v) is 13.1. The molecular formula is C31H33N3O4. The van der Waals surface area contributed by atoms with Crippen LogP contribution in [0.15, 0.2) is 71.1 Å². The highest BCUT2D eigenvalue weighted by atomic mass is 16.5. The third-order valence-corrected chi connectivity index (χ3v) is 7.51. The number of hydrogen-bond donors (Lipinski definition) is 1. The van der Waals surface area contributed by atoms with E-state index in [4.69, 9.17) is 9.15 Å². The summed E-state index contributed by atoms with van der Waals surface area (Å²) in [6.45, 7) is 5.77. The van der Waals surface area contributed by atoms with Gasteiger partial charge in [0, 0.05) is 36.7 Å². The number of piperidine rings is 1. The van der Waals surface area contributed by atoms with Crippen LogP contribution in [0.1, 0.15) is 41.3 Å². The van der Waals surface area contributed by atoms with E-state index in [2.05, 4.69) is 10.3 Å². The molecule has 2 amide bonds. The SMILES string of the molecule is COc1ccc(CNC(=O)[C@H](C)C2CCN(C(=O)c3ccc4oc(-c5ccc(C)cc5)nc4c3)CC2)cc1. The van der Waals surface area contributed by atoms with Crippen molar-refractivity contribution in [3.8, 4) is 17.2 Å². The number of benzene rings is 3. The summed E-state index contributed by atoms with van der Waals surface area (Å²) in [6, 6.07) is 21.1. The lowest BCUT2D eigenvalue weighted by molar-refractivity contribution is -0.126. The number of oxazole rings is 1. The molecule has 1 aliphatic rings. The number of ether oxygens (including phenoxy) is 1. The zero-order valence-corrected chi connectivity index (χ0v) is 22.1. The Labute approximate surface area is 222 Å². The van der Waals surface area contributed by atoms with Crippen molar-refractivity contribution >= 4 is 22.9 Å². The molecule has 5 rings (SSSR count). The van der Waals surface area contributed by atoms with Gasteiger partial charge in [0.15, 0.2) is 5.58 Å². The molecule has 1 N–H and O–H groups in total. The van der Waals surface area contributed by atoms with Crippen molar-refractivity contribution in [2.45, 2.75) is 33.2 Å². The molecular weight excluding hydrogens is 478 g/mol. The summed E-state index contributed by atoms with van der Waals surface area (Å²) in [4.78, 5) is 32.5. The lowest BCUT2D eigenvalue weighted by Gasteiger charge is -2.34. The molecule has 7 heteroatoms. The molecule has 0 spiro atoms. The van der Waals surface area contributed by atoms with Gasteiger partial charge in [0.05, 0.1) is 7.11 Å². The minimum Gasteiger partial charge on any atom is -0.497 e. The van der Waals surface area contributed by atoms with Crippen LogP contribution in [-0.4, -0.2) is 41.9 Å². The van der Waals surface area contributed by atoms with Gasteiger partial charge in [0.1, 0.15) is 11.3 Å². The lowest BCUT2D eigenvalue weighted by Crippen LogP contribution is -2.42. The zero-order valence-electron chi connectivity index (χ0n) is 22.1.